The van der Waals surface area contributed by atoms with Crippen LogP contribution in [0.15, 0.2) is 47.4 Å². The minimum Gasteiger partial charge on any atom is -0.379 e. The SMILES string of the molecule is CCc1ccc2nc(N(CCCN3CCOCC3)C(=O)CCCSc3ccc(C)cc3)sc2c1. The van der Waals surface area contributed by atoms with E-state index in [4.69, 9.17) is 9.72 Å². The molecule has 1 aromatic heterocycles. The van der Waals surface area contributed by atoms with E-state index in [9.17, 15) is 4.79 Å². The largest absolute Gasteiger partial charge is 0.379 e. The summed E-state index contributed by atoms with van der Waals surface area (Å²) in [5.41, 5.74) is 3.56. The number of nitrogens with zero attached hydrogens (tertiary/aromatic N) is 3. The van der Waals surface area contributed by atoms with Gasteiger partial charge in [-0.2, -0.15) is 0 Å². The summed E-state index contributed by atoms with van der Waals surface area (Å²) in [6.45, 7) is 9.53. The molecule has 182 valence electrons. The number of carbonyl (C=O) groups excluding carboxylic acids is 1. The first kappa shape index (κ1) is 25.2. The van der Waals surface area contributed by atoms with E-state index in [1.54, 1.807) is 11.3 Å². The monoisotopic (exact) mass is 497 g/mol. The lowest BCUT2D eigenvalue weighted by Crippen LogP contribution is -2.39. The van der Waals surface area contributed by atoms with E-state index in [2.05, 4.69) is 61.2 Å². The molecule has 2 aromatic carbocycles. The molecular formula is C27H35N3O2S2. The number of thioether (sulfide) groups is 1. The summed E-state index contributed by atoms with van der Waals surface area (Å²) in [7, 11) is 0. The smallest absolute Gasteiger partial charge is 0.228 e. The second kappa shape index (κ2) is 12.7. The molecule has 4 rings (SSSR count). The van der Waals surface area contributed by atoms with Crippen molar-refractivity contribution >= 4 is 44.4 Å². The summed E-state index contributed by atoms with van der Waals surface area (Å²) in [5.74, 6) is 1.12. The van der Waals surface area contributed by atoms with Crippen molar-refractivity contribution < 1.29 is 9.53 Å². The summed E-state index contributed by atoms with van der Waals surface area (Å²) in [4.78, 5) is 23.8. The fourth-order valence-corrected chi connectivity index (χ4v) is 6.00. The second-order valence-corrected chi connectivity index (χ2v) is 10.9. The van der Waals surface area contributed by atoms with Crippen molar-refractivity contribution in [1.29, 1.82) is 0 Å². The number of fused-ring (bicyclic) bond motifs is 1. The molecule has 1 aliphatic heterocycles. The van der Waals surface area contributed by atoms with Crippen LogP contribution in [0.1, 0.15) is 37.3 Å². The minimum absolute atomic E-state index is 0.182. The predicted octanol–water partition coefficient (Wildman–Crippen LogP) is 5.79. The Labute approximate surface area is 211 Å². The molecule has 1 saturated heterocycles. The van der Waals surface area contributed by atoms with E-state index in [1.807, 2.05) is 16.7 Å². The van der Waals surface area contributed by atoms with Crippen LogP contribution in [-0.4, -0.2) is 60.9 Å². The van der Waals surface area contributed by atoms with Gasteiger partial charge in [0.05, 0.1) is 23.4 Å². The first-order valence-corrected chi connectivity index (χ1v) is 14.1. The van der Waals surface area contributed by atoms with Crippen LogP contribution in [0.3, 0.4) is 0 Å². The molecule has 0 unspecified atom stereocenters. The van der Waals surface area contributed by atoms with Gasteiger partial charge in [-0.1, -0.05) is 42.0 Å². The van der Waals surface area contributed by atoms with Crippen molar-refractivity contribution in [1.82, 2.24) is 9.88 Å². The van der Waals surface area contributed by atoms with Gasteiger partial charge in [-0.15, -0.1) is 11.8 Å². The average molecular weight is 498 g/mol. The van der Waals surface area contributed by atoms with E-state index in [1.165, 1.54) is 16.0 Å². The molecule has 3 aromatic rings. The van der Waals surface area contributed by atoms with Gasteiger partial charge in [0.1, 0.15) is 0 Å². The number of aryl methyl sites for hydroxylation is 2. The van der Waals surface area contributed by atoms with Gasteiger partial charge in [0.25, 0.3) is 0 Å². The number of benzene rings is 2. The molecule has 0 aliphatic carbocycles. The normalized spacial score (nSPS) is 14.5. The van der Waals surface area contributed by atoms with Gasteiger partial charge in [-0.3, -0.25) is 14.6 Å². The van der Waals surface area contributed by atoms with Crippen molar-refractivity contribution in [3.05, 3.63) is 53.6 Å². The van der Waals surface area contributed by atoms with E-state index in [0.717, 1.165) is 73.2 Å². The summed E-state index contributed by atoms with van der Waals surface area (Å²) in [6.07, 6.45) is 3.36. The highest BCUT2D eigenvalue weighted by Crippen LogP contribution is 2.31. The number of carbonyl (C=O) groups is 1. The maximum Gasteiger partial charge on any atom is 0.228 e. The van der Waals surface area contributed by atoms with Crippen molar-refractivity contribution in [3.63, 3.8) is 0 Å². The van der Waals surface area contributed by atoms with Crippen LogP contribution < -0.4 is 4.90 Å². The van der Waals surface area contributed by atoms with Crippen molar-refractivity contribution in [2.45, 2.75) is 44.4 Å². The Morgan fingerprint density at radius 1 is 1.15 bits per heavy atom. The molecule has 1 amide bonds. The molecule has 1 aliphatic rings. The van der Waals surface area contributed by atoms with Gasteiger partial charge >= 0.3 is 0 Å². The third-order valence-corrected chi connectivity index (χ3v) is 8.31. The first-order valence-electron chi connectivity index (χ1n) is 12.3. The van der Waals surface area contributed by atoms with E-state index in [0.29, 0.717) is 13.0 Å². The molecule has 1 fully saturated rings. The number of anilines is 1. The Bertz CT molecular complexity index is 1060. The van der Waals surface area contributed by atoms with Crippen LogP contribution in [-0.2, 0) is 16.0 Å². The standard InChI is InChI=1S/C27H35N3O2S2/c1-3-22-9-12-24-25(20-22)34-27(28-24)30(14-5-13-29-15-17-32-18-16-29)26(31)6-4-19-33-23-10-7-21(2)8-11-23/h7-12,20H,3-6,13-19H2,1-2H3. The Kier molecular flexibility index (Phi) is 9.39. The van der Waals surface area contributed by atoms with Crippen LogP contribution >= 0.6 is 23.1 Å². The summed E-state index contributed by atoms with van der Waals surface area (Å²) in [6, 6.07) is 15.0. The summed E-state index contributed by atoms with van der Waals surface area (Å²) in [5, 5.41) is 0.835. The summed E-state index contributed by atoms with van der Waals surface area (Å²) < 4.78 is 6.63. The van der Waals surface area contributed by atoms with Crippen molar-refractivity contribution in [3.8, 4) is 0 Å². The number of hydrogen-bond acceptors (Lipinski definition) is 6. The molecule has 34 heavy (non-hydrogen) atoms. The zero-order valence-electron chi connectivity index (χ0n) is 20.3. The number of amides is 1. The number of rotatable bonds is 11. The number of ether oxygens (including phenoxy) is 1. The maximum atomic E-state index is 13.3. The Morgan fingerprint density at radius 3 is 2.71 bits per heavy atom. The van der Waals surface area contributed by atoms with Gasteiger partial charge in [0, 0.05) is 37.5 Å². The van der Waals surface area contributed by atoms with E-state index < -0.39 is 0 Å². The molecule has 0 radical (unpaired) electrons. The Hall–Kier alpha value is -1.93. The van der Waals surface area contributed by atoms with E-state index >= 15 is 0 Å². The number of morpholine rings is 1. The fraction of sp³-hybridized carbons (Fsp3) is 0.481. The molecular weight excluding hydrogens is 462 g/mol. The topological polar surface area (TPSA) is 45.7 Å². The van der Waals surface area contributed by atoms with Crippen LogP contribution in [0.2, 0.25) is 0 Å². The van der Waals surface area contributed by atoms with Crippen LogP contribution in [0.25, 0.3) is 10.2 Å². The van der Waals surface area contributed by atoms with Gasteiger partial charge in [-0.05, 0) is 61.8 Å². The van der Waals surface area contributed by atoms with Crippen LogP contribution in [0.5, 0.6) is 0 Å². The van der Waals surface area contributed by atoms with Gasteiger partial charge in [0.15, 0.2) is 5.13 Å². The zero-order valence-corrected chi connectivity index (χ0v) is 21.9. The predicted molar refractivity (Wildman–Crippen MR) is 144 cm³/mol. The quantitative estimate of drug-likeness (QED) is 0.248. The van der Waals surface area contributed by atoms with Crippen molar-refractivity contribution in [2.75, 3.05) is 50.0 Å². The van der Waals surface area contributed by atoms with E-state index in [-0.39, 0.29) is 5.91 Å². The lowest BCUT2D eigenvalue weighted by Gasteiger charge is -2.27. The second-order valence-electron chi connectivity index (χ2n) is 8.77. The lowest BCUT2D eigenvalue weighted by molar-refractivity contribution is -0.118. The molecule has 0 atom stereocenters. The molecule has 0 bridgehead atoms. The minimum atomic E-state index is 0.182. The number of thiazole rings is 1. The van der Waals surface area contributed by atoms with Crippen LogP contribution in [0, 0.1) is 6.92 Å². The Balaban J connectivity index is 1.38. The third-order valence-electron chi connectivity index (χ3n) is 6.17. The van der Waals surface area contributed by atoms with Gasteiger partial charge < -0.3 is 4.74 Å². The number of hydrogen-bond donors (Lipinski definition) is 0. The highest BCUT2D eigenvalue weighted by Gasteiger charge is 2.20. The summed E-state index contributed by atoms with van der Waals surface area (Å²) >= 11 is 3.46. The van der Waals surface area contributed by atoms with Gasteiger partial charge in [-0.25, -0.2) is 4.98 Å². The highest BCUT2D eigenvalue weighted by atomic mass is 32.2. The molecule has 0 spiro atoms. The maximum absolute atomic E-state index is 13.3. The van der Waals surface area contributed by atoms with Crippen molar-refractivity contribution in [2.24, 2.45) is 0 Å². The Morgan fingerprint density at radius 2 is 1.94 bits per heavy atom. The van der Waals surface area contributed by atoms with Gasteiger partial charge in [0.2, 0.25) is 5.91 Å². The molecule has 0 saturated carbocycles. The molecule has 5 nitrogen and oxygen atoms in total. The number of aromatic nitrogens is 1. The average Bonchev–Trinajstić information content (AvgIpc) is 3.29. The zero-order chi connectivity index (χ0) is 23.8. The molecule has 2 heterocycles. The van der Waals surface area contributed by atoms with Crippen LogP contribution in [0.4, 0.5) is 5.13 Å². The first-order chi connectivity index (χ1) is 16.6. The lowest BCUT2D eigenvalue weighted by atomic mass is 10.2. The third kappa shape index (κ3) is 7.04. The molecule has 7 heteroatoms. The fourth-order valence-electron chi connectivity index (χ4n) is 4.08. The highest BCUT2D eigenvalue weighted by molar-refractivity contribution is 7.99. The molecule has 0 N–H and O–H groups in total.